The van der Waals surface area contributed by atoms with Crippen LogP contribution in [-0.2, 0) is 38.7 Å². The van der Waals surface area contributed by atoms with Gasteiger partial charge in [0.2, 0.25) is 0 Å². The third-order valence-corrected chi connectivity index (χ3v) is 4.02. The van der Waals surface area contributed by atoms with Crippen molar-refractivity contribution in [1.82, 2.24) is 0 Å². The molecule has 0 aliphatic rings. The summed E-state index contributed by atoms with van der Waals surface area (Å²) in [5.74, 6) is -3.23. The van der Waals surface area contributed by atoms with Crippen molar-refractivity contribution in [3.63, 3.8) is 0 Å². The molecule has 0 saturated carbocycles. The molecule has 0 aromatic rings. The Kier molecular flexibility index (Phi) is 12.2. The second kappa shape index (κ2) is 12.0. The third kappa shape index (κ3) is 10.3. The zero-order chi connectivity index (χ0) is 20.5. The summed E-state index contributed by atoms with van der Waals surface area (Å²) in [6, 6.07) is 0. The number of carbonyl (C=O) groups excluding carboxylic acids is 3. The topological polar surface area (TPSA) is 133 Å². The molecule has 0 spiro atoms. The maximum atomic E-state index is 12.4. The van der Waals surface area contributed by atoms with E-state index >= 15 is 0 Å². The first-order chi connectivity index (χ1) is 11.8. The molecule has 0 bridgehead atoms. The van der Waals surface area contributed by atoms with Gasteiger partial charge in [-0.3, -0.25) is 9.35 Å². The molecule has 0 aliphatic carbocycles. The summed E-state index contributed by atoms with van der Waals surface area (Å²) < 4.78 is 45.0. The van der Waals surface area contributed by atoms with Crippen molar-refractivity contribution < 1.29 is 41.6 Å². The van der Waals surface area contributed by atoms with Crippen LogP contribution in [0, 0.1) is 5.41 Å². The molecule has 150 valence electrons. The standard InChI is InChI=1S/C16H24O9S.Li.H/c1-6-16(9-24-13(17)11(2)3,10-25-14(18)12(4)5)15(19)23-7-8-26(20,21)22;;/h2,4,6-10H2,1,3,5H3,(H,20,21,22);;. The van der Waals surface area contributed by atoms with Gasteiger partial charge in [-0.1, -0.05) is 20.1 Å². The Balaban J connectivity index is 0. The molecular weight excluding hydrogens is 375 g/mol. The van der Waals surface area contributed by atoms with Crippen LogP contribution in [0.4, 0.5) is 0 Å². The molecule has 1 N–H and O–H groups in total. The van der Waals surface area contributed by atoms with Crippen molar-refractivity contribution in [3.05, 3.63) is 24.3 Å². The van der Waals surface area contributed by atoms with Crippen LogP contribution in [0.3, 0.4) is 0 Å². The van der Waals surface area contributed by atoms with E-state index in [0.29, 0.717) is 0 Å². The summed E-state index contributed by atoms with van der Waals surface area (Å²) in [6.45, 7) is 9.70. The first-order valence-electron chi connectivity index (χ1n) is 7.62. The number of ether oxygens (including phenoxy) is 3. The van der Waals surface area contributed by atoms with Crippen molar-refractivity contribution in [1.29, 1.82) is 0 Å². The van der Waals surface area contributed by atoms with Gasteiger partial charge < -0.3 is 14.2 Å². The predicted octanol–water partition coefficient (Wildman–Crippen LogP) is 0.404. The van der Waals surface area contributed by atoms with Crippen LogP contribution in [0.2, 0.25) is 0 Å². The van der Waals surface area contributed by atoms with Gasteiger partial charge in [0.05, 0.1) is 0 Å². The second-order valence-corrected chi connectivity index (χ2v) is 7.34. The Morgan fingerprint density at radius 3 is 1.67 bits per heavy atom. The fourth-order valence-corrected chi connectivity index (χ4v) is 1.85. The minimum atomic E-state index is -4.32. The molecular formula is C16H25LiO9S. The molecule has 0 saturated heterocycles. The van der Waals surface area contributed by atoms with Crippen molar-refractivity contribution in [3.8, 4) is 0 Å². The minimum absolute atomic E-state index is 0. The number of hydrogen-bond acceptors (Lipinski definition) is 8. The van der Waals surface area contributed by atoms with Gasteiger partial charge in [-0.15, -0.1) is 0 Å². The van der Waals surface area contributed by atoms with Crippen molar-refractivity contribution >= 4 is 46.9 Å². The normalized spacial score (nSPS) is 11.0. The zero-order valence-corrected chi connectivity index (χ0v) is 15.9. The summed E-state index contributed by atoms with van der Waals surface area (Å²) >= 11 is 0. The SMILES string of the molecule is C=C(C)C(=O)OCC(CC)(COC(=O)C(=C)C)C(=O)OCCS(=O)(=O)O.[LiH]. The molecule has 9 nitrogen and oxygen atoms in total. The zero-order valence-electron chi connectivity index (χ0n) is 15.1. The summed E-state index contributed by atoms with van der Waals surface area (Å²) in [6.07, 6.45) is 0.0602. The Hall–Kier alpha value is -1.60. The van der Waals surface area contributed by atoms with Gasteiger partial charge >= 0.3 is 36.8 Å². The maximum absolute atomic E-state index is 12.4. The van der Waals surface area contributed by atoms with Crippen molar-refractivity contribution in [2.75, 3.05) is 25.6 Å². The van der Waals surface area contributed by atoms with E-state index in [1.807, 2.05) is 0 Å². The molecule has 0 aliphatic heterocycles. The fourth-order valence-electron chi connectivity index (χ4n) is 1.55. The average molecular weight is 400 g/mol. The van der Waals surface area contributed by atoms with Crippen LogP contribution in [0.5, 0.6) is 0 Å². The van der Waals surface area contributed by atoms with E-state index in [-0.39, 0.29) is 36.4 Å². The van der Waals surface area contributed by atoms with E-state index in [9.17, 15) is 22.8 Å². The predicted molar refractivity (Wildman–Crippen MR) is 98.8 cm³/mol. The molecule has 27 heavy (non-hydrogen) atoms. The first kappa shape index (κ1) is 27.6. The van der Waals surface area contributed by atoms with Gasteiger partial charge in [-0.05, 0) is 20.3 Å². The molecule has 0 heterocycles. The molecule has 0 unspecified atom stereocenters. The molecule has 0 amide bonds. The van der Waals surface area contributed by atoms with E-state index in [2.05, 4.69) is 13.2 Å². The average Bonchev–Trinajstić information content (AvgIpc) is 2.53. The van der Waals surface area contributed by atoms with Gasteiger partial charge in [0.25, 0.3) is 10.1 Å². The number of hydrogen-bond donors (Lipinski definition) is 1. The third-order valence-electron chi connectivity index (χ3n) is 3.34. The second-order valence-electron chi connectivity index (χ2n) is 5.77. The summed E-state index contributed by atoms with van der Waals surface area (Å²) in [5.41, 5.74) is -1.34. The van der Waals surface area contributed by atoms with Crippen LogP contribution >= 0.6 is 0 Å². The molecule has 0 rings (SSSR count). The van der Waals surface area contributed by atoms with Crippen molar-refractivity contribution in [2.45, 2.75) is 27.2 Å². The van der Waals surface area contributed by atoms with Gasteiger partial charge in [-0.25, -0.2) is 9.59 Å². The number of rotatable bonds is 11. The van der Waals surface area contributed by atoms with Crippen LogP contribution in [0.25, 0.3) is 0 Å². The fraction of sp³-hybridized carbons (Fsp3) is 0.562. The summed E-state index contributed by atoms with van der Waals surface area (Å²) in [7, 11) is -4.32. The summed E-state index contributed by atoms with van der Waals surface area (Å²) in [5, 5.41) is 0. The molecule has 0 atom stereocenters. The Morgan fingerprint density at radius 1 is 0.963 bits per heavy atom. The number of esters is 3. The Morgan fingerprint density at radius 2 is 1.37 bits per heavy atom. The Bertz CT molecular complexity index is 652. The van der Waals surface area contributed by atoms with Gasteiger partial charge in [-0.2, -0.15) is 8.42 Å². The Labute approximate surface area is 171 Å². The first-order valence-corrected chi connectivity index (χ1v) is 9.23. The van der Waals surface area contributed by atoms with Gasteiger partial charge in [0.15, 0.2) is 0 Å². The number of carbonyl (C=O) groups is 3. The van der Waals surface area contributed by atoms with E-state index in [4.69, 9.17) is 18.8 Å². The van der Waals surface area contributed by atoms with E-state index < -0.39 is 59.0 Å². The quantitative estimate of drug-likeness (QED) is 0.172. The monoisotopic (exact) mass is 400 g/mol. The van der Waals surface area contributed by atoms with E-state index in [1.165, 1.54) is 13.8 Å². The molecule has 0 aromatic carbocycles. The summed E-state index contributed by atoms with van der Waals surface area (Å²) in [4.78, 5) is 35.6. The van der Waals surface area contributed by atoms with E-state index in [1.54, 1.807) is 6.92 Å². The van der Waals surface area contributed by atoms with Gasteiger partial charge in [0.1, 0.15) is 31.0 Å². The van der Waals surface area contributed by atoms with Gasteiger partial charge in [0, 0.05) is 11.1 Å². The molecule has 0 fully saturated rings. The molecule has 0 radical (unpaired) electrons. The molecule has 0 aromatic heterocycles. The van der Waals surface area contributed by atoms with Crippen LogP contribution in [0.1, 0.15) is 27.2 Å². The van der Waals surface area contributed by atoms with Crippen LogP contribution < -0.4 is 0 Å². The van der Waals surface area contributed by atoms with Crippen LogP contribution in [-0.4, -0.2) is 75.3 Å². The van der Waals surface area contributed by atoms with Crippen molar-refractivity contribution in [2.24, 2.45) is 5.41 Å². The van der Waals surface area contributed by atoms with Crippen LogP contribution in [0.15, 0.2) is 24.3 Å². The van der Waals surface area contributed by atoms with E-state index in [0.717, 1.165) is 0 Å². The molecule has 11 heteroatoms.